The first-order valence-corrected chi connectivity index (χ1v) is 7.74. The number of hydrogen-bond donors (Lipinski definition) is 0. The number of ether oxygens (including phenoxy) is 2. The Morgan fingerprint density at radius 1 is 1.16 bits per heavy atom. The molecule has 0 unspecified atom stereocenters. The van der Waals surface area contributed by atoms with E-state index in [1.165, 1.54) is 0 Å². The van der Waals surface area contributed by atoms with Crippen LogP contribution in [-0.2, 0) is 9.84 Å². The Balaban J connectivity index is 2.28. The van der Waals surface area contributed by atoms with Crippen molar-refractivity contribution in [3.8, 4) is 17.6 Å². The lowest BCUT2D eigenvalue weighted by atomic mass is 10.3. The van der Waals surface area contributed by atoms with Gasteiger partial charge in [0.25, 0.3) is 0 Å². The molecule has 1 aromatic rings. The average Bonchev–Trinajstić information content (AvgIpc) is 2.42. The number of hydrogen-bond acceptors (Lipinski definition) is 5. The Morgan fingerprint density at radius 3 is 2.37 bits per heavy atom. The van der Waals surface area contributed by atoms with E-state index in [1.54, 1.807) is 31.4 Å². The number of sulfone groups is 1. The summed E-state index contributed by atoms with van der Waals surface area (Å²) in [6.45, 7) is 0.331. The maximum atomic E-state index is 11.5. The molecule has 5 nitrogen and oxygen atoms in total. The van der Waals surface area contributed by atoms with Gasteiger partial charge in [-0.15, -0.1) is 0 Å². The van der Waals surface area contributed by atoms with Crippen LogP contribution < -0.4 is 9.47 Å². The quantitative estimate of drug-likeness (QED) is 0.680. The normalized spacial score (nSPS) is 10.7. The minimum atomic E-state index is -3.13. The average molecular weight is 283 g/mol. The van der Waals surface area contributed by atoms with Gasteiger partial charge in [0, 0.05) is 6.42 Å². The van der Waals surface area contributed by atoms with Gasteiger partial charge < -0.3 is 9.47 Å². The van der Waals surface area contributed by atoms with Gasteiger partial charge in [0.1, 0.15) is 11.5 Å². The fraction of sp³-hybridized carbons (Fsp3) is 0.462. The zero-order chi connectivity index (χ0) is 14.1. The Hall–Kier alpha value is -1.74. The van der Waals surface area contributed by atoms with Crippen molar-refractivity contribution in [3.63, 3.8) is 0 Å². The molecule has 1 rings (SSSR count). The van der Waals surface area contributed by atoms with Crippen molar-refractivity contribution in [2.45, 2.75) is 12.8 Å². The zero-order valence-corrected chi connectivity index (χ0v) is 11.6. The summed E-state index contributed by atoms with van der Waals surface area (Å²) >= 11 is 0. The lowest BCUT2D eigenvalue weighted by molar-refractivity contribution is 0.317. The molecule has 0 heterocycles. The lowest BCUT2D eigenvalue weighted by Crippen LogP contribution is -2.13. The smallest absolute Gasteiger partial charge is 0.151 e. The summed E-state index contributed by atoms with van der Waals surface area (Å²) in [4.78, 5) is 0. The third-order valence-corrected chi connectivity index (χ3v) is 4.19. The number of nitriles is 1. The summed E-state index contributed by atoms with van der Waals surface area (Å²) in [7, 11) is -1.55. The highest BCUT2D eigenvalue weighted by atomic mass is 32.2. The highest BCUT2D eigenvalue weighted by Gasteiger charge is 2.09. The Labute approximate surface area is 113 Å². The third-order valence-electron chi connectivity index (χ3n) is 2.45. The topological polar surface area (TPSA) is 76.4 Å². The Bertz CT molecular complexity index is 517. The first-order chi connectivity index (χ1) is 9.07. The van der Waals surface area contributed by atoms with Crippen LogP contribution in [0.5, 0.6) is 11.5 Å². The molecule has 0 aromatic heterocycles. The van der Waals surface area contributed by atoms with Crippen LogP contribution in [0.1, 0.15) is 12.8 Å². The highest BCUT2D eigenvalue weighted by Crippen LogP contribution is 2.17. The number of benzene rings is 1. The van der Waals surface area contributed by atoms with Gasteiger partial charge in [-0.2, -0.15) is 5.26 Å². The summed E-state index contributed by atoms with van der Waals surface area (Å²) in [6, 6.07) is 8.92. The molecule has 0 saturated carbocycles. The van der Waals surface area contributed by atoms with Crippen molar-refractivity contribution in [1.29, 1.82) is 5.26 Å². The standard InChI is InChI=1S/C13H17NO4S/c1-17-12-4-6-13(7-5-12)18-9-3-11-19(15,16)10-2-8-14/h4-7H,2-3,9-11H2,1H3. The zero-order valence-electron chi connectivity index (χ0n) is 10.8. The van der Waals surface area contributed by atoms with Crippen molar-refractivity contribution >= 4 is 9.84 Å². The van der Waals surface area contributed by atoms with Crippen LogP contribution >= 0.6 is 0 Å². The van der Waals surface area contributed by atoms with Crippen LogP contribution in [0, 0.1) is 11.3 Å². The van der Waals surface area contributed by atoms with Crippen molar-refractivity contribution in [1.82, 2.24) is 0 Å². The number of methoxy groups -OCH3 is 1. The fourth-order valence-electron chi connectivity index (χ4n) is 1.44. The van der Waals surface area contributed by atoms with E-state index < -0.39 is 9.84 Å². The van der Waals surface area contributed by atoms with Crippen molar-refractivity contribution < 1.29 is 17.9 Å². The van der Waals surface area contributed by atoms with E-state index in [0.29, 0.717) is 18.8 Å². The molecular formula is C13H17NO4S. The predicted molar refractivity (Wildman–Crippen MR) is 72.0 cm³/mol. The van der Waals surface area contributed by atoms with E-state index in [2.05, 4.69) is 0 Å². The summed E-state index contributed by atoms with van der Waals surface area (Å²) < 4.78 is 33.4. The molecule has 1 aromatic carbocycles. The van der Waals surface area contributed by atoms with Gasteiger partial charge in [0.05, 0.1) is 31.3 Å². The van der Waals surface area contributed by atoms with Gasteiger partial charge in [-0.25, -0.2) is 8.42 Å². The van der Waals surface area contributed by atoms with Crippen LogP contribution in [0.25, 0.3) is 0 Å². The fourth-order valence-corrected chi connectivity index (χ4v) is 2.61. The first-order valence-electron chi connectivity index (χ1n) is 5.91. The molecule has 104 valence electrons. The summed E-state index contributed by atoms with van der Waals surface area (Å²) in [5.74, 6) is 1.39. The largest absolute Gasteiger partial charge is 0.497 e. The van der Waals surface area contributed by atoms with Crippen LogP contribution in [-0.4, -0.2) is 33.6 Å². The minimum Gasteiger partial charge on any atom is -0.497 e. The van der Waals surface area contributed by atoms with Gasteiger partial charge in [-0.3, -0.25) is 0 Å². The summed E-state index contributed by atoms with van der Waals surface area (Å²) in [6.07, 6.45) is 0.460. The molecule has 0 bridgehead atoms. The summed E-state index contributed by atoms with van der Waals surface area (Å²) in [5.41, 5.74) is 0. The number of rotatable bonds is 8. The van der Waals surface area contributed by atoms with E-state index >= 15 is 0 Å². The van der Waals surface area contributed by atoms with Crippen molar-refractivity contribution in [3.05, 3.63) is 24.3 Å². The van der Waals surface area contributed by atoms with Gasteiger partial charge in [0.2, 0.25) is 0 Å². The molecule has 0 aliphatic rings. The third kappa shape index (κ3) is 6.11. The molecule has 0 aliphatic carbocycles. The molecule has 0 aliphatic heterocycles. The van der Waals surface area contributed by atoms with Crippen LogP contribution in [0.3, 0.4) is 0 Å². The molecule has 0 N–H and O–H groups in total. The van der Waals surface area contributed by atoms with E-state index in [0.717, 1.165) is 5.75 Å². The first kappa shape index (κ1) is 15.3. The molecular weight excluding hydrogens is 266 g/mol. The van der Waals surface area contributed by atoms with E-state index in [1.807, 2.05) is 6.07 Å². The monoisotopic (exact) mass is 283 g/mol. The molecule has 0 saturated heterocycles. The molecule has 19 heavy (non-hydrogen) atoms. The van der Waals surface area contributed by atoms with Crippen LogP contribution in [0.4, 0.5) is 0 Å². The van der Waals surface area contributed by atoms with Gasteiger partial charge >= 0.3 is 0 Å². The van der Waals surface area contributed by atoms with Gasteiger partial charge in [-0.05, 0) is 30.7 Å². The molecule has 6 heteroatoms. The maximum absolute atomic E-state index is 11.5. The molecule has 0 spiro atoms. The molecule has 0 fully saturated rings. The lowest BCUT2D eigenvalue weighted by Gasteiger charge is -2.07. The second-order valence-corrected chi connectivity index (χ2v) is 6.24. The second-order valence-electron chi connectivity index (χ2n) is 3.94. The Kier molecular flexibility index (Phi) is 6.16. The minimum absolute atomic E-state index is 0.0433. The van der Waals surface area contributed by atoms with E-state index in [9.17, 15) is 8.42 Å². The van der Waals surface area contributed by atoms with Gasteiger partial charge in [-0.1, -0.05) is 0 Å². The Morgan fingerprint density at radius 2 is 1.79 bits per heavy atom. The number of nitrogens with zero attached hydrogens (tertiary/aromatic N) is 1. The predicted octanol–water partition coefficient (Wildman–Crippen LogP) is 1.79. The maximum Gasteiger partial charge on any atom is 0.151 e. The summed E-state index contributed by atoms with van der Waals surface area (Å²) in [5, 5.41) is 8.34. The SMILES string of the molecule is COc1ccc(OCCCS(=O)(=O)CCC#N)cc1. The molecule has 0 radical (unpaired) electrons. The van der Waals surface area contributed by atoms with Crippen LogP contribution in [0.15, 0.2) is 24.3 Å². The highest BCUT2D eigenvalue weighted by molar-refractivity contribution is 7.91. The van der Waals surface area contributed by atoms with Crippen molar-refractivity contribution in [2.24, 2.45) is 0 Å². The molecule has 0 amide bonds. The second kappa shape index (κ2) is 7.64. The molecule has 0 atom stereocenters. The van der Waals surface area contributed by atoms with Crippen molar-refractivity contribution in [2.75, 3.05) is 25.2 Å². The van der Waals surface area contributed by atoms with E-state index in [4.69, 9.17) is 14.7 Å². The van der Waals surface area contributed by atoms with Gasteiger partial charge in [0.15, 0.2) is 9.84 Å². The van der Waals surface area contributed by atoms with E-state index in [-0.39, 0.29) is 17.9 Å². The van der Waals surface area contributed by atoms with Crippen LogP contribution in [0.2, 0.25) is 0 Å².